The summed E-state index contributed by atoms with van der Waals surface area (Å²) < 4.78 is 0. The van der Waals surface area contributed by atoms with E-state index in [2.05, 4.69) is 23.5 Å². The predicted molar refractivity (Wildman–Crippen MR) is 77.4 cm³/mol. The van der Waals surface area contributed by atoms with E-state index in [9.17, 15) is 9.90 Å². The molecular weight excluding hydrogens is 258 g/mol. The van der Waals surface area contributed by atoms with Gasteiger partial charge in [0.2, 0.25) is 0 Å². The van der Waals surface area contributed by atoms with Crippen LogP contribution in [-0.2, 0) is 4.79 Å². The van der Waals surface area contributed by atoms with Crippen LogP contribution in [0.3, 0.4) is 0 Å². The number of hydrogen-bond acceptors (Lipinski definition) is 3. The highest BCUT2D eigenvalue weighted by Crippen LogP contribution is 2.38. The Hall–Kier alpha value is -1.52. The first-order valence-corrected chi connectivity index (χ1v) is 7.17. The first kappa shape index (κ1) is 12.5. The first-order chi connectivity index (χ1) is 9.20. The first-order valence-electron chi connectivity index (χ1n) is 6.36. The summed E-state index contributed by atoms with van der Waals surface area (Å²) in [7, 11) is 0. The summed E-state index contributed by atoms with van der Waals surface area (Å²) in [5.41, 5.74) is 0. The molecule has 1 heterocycles. The fourth-order valence-corrected chi connectivity index (χ4v) is 3.69. The number of nitrogens with one attached hydrogen (secondary N) is 1. The van der Waals surface area contributed by atoms with Gasteiger partial charge in [-0.15, -0.1) is 0 Å². The lowest BCUT2D eigenvalue weighted by molar-refractivity contribution is -0.140. The van der Waals surface area contributed by atoms with E-state index in [1.165, 1.54) is 17.1 Å². The van der Waals surface area contributed by atoms with Gasteiger partial charge in [0.05, 0.1) is 0 Å². The Morgan fingerprint density at radius 2 is 2.00 bits per heavy atom. The molecule has 0 radical (unpaired) electrons. The van der Waals surface area contributed by atoms with E-state index < -0.39 is 10.8 Å². The van der Waals surface area contributed by atoms with Crippen LogP contribution < -0.4 is 5.32 Å². The van der Waals surface area contributed by atoms with Gasteiger partial charge in [-0.05, 0) is 42.3 Å². The topological polar surface area (TPSA) is 49.3 Å². The number of aliphatic carboxylic acids is 1. The maximum Gasteiger partial charge on any atom is 0.334 e. The van der Waals surface area contributed by atoms with Crippen LogP contribution in [0, 0.1) is 0 Å². The molecule has 98 valence electrons. The molecule has 1 aliphatic rings. The second kappa shape index (κ2) is 4.87. The lowest BCUT2D eigenvalue weighted by Gasteiger charge is -2.23. The number of hydrogen-bond donors (Lipinski definition) is 2. The highest BCUT2D eigenvalue weighted by atomic mass is 32.2. The van der Waals surface area contributed by atoms with Crippen molar-refractivity contribution in [2.75, 3.05) is 6.54 Å². The van der Waals surface area contributed by atoms with Crippen LogP contribution >= 0.6 is 11.8 Å². The zero-order valence-corrected chi connectivity index (χ0v) is 11.2. The molecule has 1 saturated heterocycles. The summed E-state index contributed by atoms with van der Waals surface area (Å²) in [6.07, 6.45) is 1.58. The van der Waals surface area contributed by atoms with E-state index in [4.69, 9.17) is 0 Å². The average molecular weight is 273 g/mol. The van der Waals surface area contributed by atoms with Crippen LogP contribution in [0.5, 0.6) is 0 Å². The molecule has 1 aliphatic heterocycles. The number of rotatable bonds is 3. The number of thioether (sulfide) groups is 1. The fourth-order valence-electron chi connectivity index (χ4n) is 2.46. The van der Waals surface area contributed by atoms with Crippen LogP contribution in [-0.4, -0.2) is 22.5 Å². The lowest BCUT2D eigenvalue weighted by atomic mass is 10.1. The van der Waals surface area contributed by atoms with Gasteiger partial charge in [0, 0.05) is 4.90 Å². The van der Waals surface area contributed by atoms with Crippen molar-refractivity contribution in [3.05, 3.63) is 42.5 Å². The van der Waals surface area contributed by atoms with Crippen molar-refractivity contribution in [2.24, 2.45) is 0 Å². The molecule has 0 amide bonds. The van der Waals surface area contributed by atoms with Crippen LogP contribution in [0.4, 0.5) is 0 Å². The summed E-state index contributed by atoms with van der Waals surface area (Å²) in [6, 6.07) is 14.2. The monoisotopic (exact) mass is 273 g/mol. The Bertz CT molecular complexity index is 620. The Morgan fingerprint density at radius 3 is 2.68 bits per heavy atom. The number of fused-ring (bicyclic) bond motifs is 1. The van der Waals surface area contributed by atoms with Crippen molar-refractivity contribution in [1.82, 2.24) is 5.32 Å². The Kier molecular flexibility index (Phi) is 3.21. The van der Waals surface area contributed by atoms with Crippen molar-refractivity contribution in [3.63, 3.8) is 0 Å². The fraction of sp³-hybridized carbons (Fsp3) is 0.267. The van der Waals surface area contributed by atoms with E-state index in [-0.39, 0.29) is 0 Å². The Morgan fingerprint density at radius 1 is 1.21 bits per heavy atom. The normalized spacial score (nSPS) is 22.7. The van der Waals surface area contributed by atoms with E-state index in [1.54, 1.807) is 0 Å². The molecule has 0 aliphatic carbocycles. The molecule has 4 heteroatoms. The van der Waals surface area contributed by atoms with Crippen molar-refractivity contribution in [2.45, 2.75) is 22.6 Å². The van der Waals surface area contributed by atoms with Gasteiger partial charge >= 0.3 is 5.97 Å². The summed E-state index contributed by atoms with van der Waals surface area (Å²) in [5.74, 6) is -0.775. The second-order valence-electron chi connectivity index (χ2n) is 4.77. The van der Waals surface area contributed by atoms with Crippen LogP contribution in [0.1, 0.15) is 12.8 Å². The zero-order valence-electron chi connectivity index (χ0n) is 10.4. The van der Waals surface area contributed by atoms with Crippen LogP contribution in [0.2, 0.25) is 0 Å². The lowest BCUT2D eigenvalue weighted by Crippen LogP contribution is -2.44. The molecule has 1 fully saturated rings. The standard InChI is InChI=1S/C15H15NO2S/c17-14(18)15(8-3-9-16-15)19-13-7-6-11-4-1-2-5-12(11)10-13/h1-2,4-7,10,16H,3,8-9H2,(H,17,18)/t15-/m1/s1. The third-order valence-corrected chi connectivity index (χ3v) is 4.84. The second-order valence-corrected chi connectivity index (χ2v) is 6.15. The molecule has 0 spiro atoms. The molecule has 1 atom stereocenters. The molecule has 0 bridgehead atoms. The van der Waals surface area contributed by atoms with E-state index in [1.807, 2.05) is 24.3 Å². The molecule has 2 N–H and O–H groups in total. The van der Waals surface area contributed by atoms with Gasteiger partial charge in [0.1, 0.15) is 0 Å². The molecule has 2 aromatic rings. The van der Waals surface area contributed by atoms with Gasteiger partial charge < -0.3 is 5.11 Å². The van der Waals surface area contributed by atoms with Gasteiger partial charge in [0.15, 0.2) is 4.87 Å². The predicted octanol–water partition coefficient (Wildman–Crippen LogP) is 3.10. The quantitative estimate of drug-likeness (QED) is 0.902. The number of carboxylic acid groups (broad SMARTS) is 1. The summed E-state index contributed by atoms with van der Waals surface area (Å²) in [4.78, 5) is 11.6. The van der Waals surface area contributed by atoms with Gasteiger partial charge in [0.25, 0.3) is 0 Å². The molecule has 0 unspecified atom stereocenters. The van der Waals surface area contributed by atoms with Gasteiger partial charge in [-0.3, -0.25) is 5.32 Å². The van der Waals surface area contributed by atoms with Crippen LogP contribution in [0.25, 0.3) is 10.8 Å². The minimum absolute atomic E-state index is 0.666. The third-order valence-electron chi connectivity index (χ3n) is 3.47. The average Bonchev–Trinajstić information content (AvgIpc) is 2.88. The molecule has 3 rings (SSSR count). The minimum Gasteiger partial charge on any atom is -0.479 e. The largest absolute Gasteiger partial charge is 0.479 e. The van der Waals surface area contributed by atoms with Crippen molar-refractivity contribution < 1.29 is 9.90 Å². The van der Waals surface area contributed by atoms with Crippen molar-refractivity contribution in [3.8, 4) is 0 Å². The van der Waals surface area contributed by atoms with Gasteiger partial charge in [-0.1, -0.05) is 42.1 Å². The number of carbonyl (C=O) groups is 1. The smallest absolute Gasteiger partial charge is 0.334 e. The molecule has 19 heavy (non-hydrogen) atoms. The molecule has 3 nitrogen and oxygen atoms in total. The van der Waals surface area contributed by atoms with Crippen LogP contribution in [0.15, 0.2) is 47.4 Å². The molecule has 2 aromatic carbocycles. The minimum atomic E-state index is -0.859. The zero-order chi connectivity index (χ0) is 13.3. The summed E-state index contributed by atoms with van der Waals surface area (Å²) >= 11 is 1.41. The van der Waals surface area contributed by atoms with Gasteiger partial charge in [-0.2, -0.15) is 0 Å². The molecular formula is C15H15NO2S. The molecule has 0 aromatic heterocycles. The SMILES string of the molecule is O=C(O)[C@]1(Sc2ccc3ccccc3c2)CCCN1. The van der Waals surface area contributed by atoms with E-state index >= 15 is 0 Å². The molecule has 0 saturated carbocycles. The highest BCUT2D eigenvalue weighted by Gasteiger charge is 2.42. The Balaban J connectivity index is 1.94. The van der Waals surface area contributed by atoms with Gasteiger partial charge in [-0.25, -0.2) is 4.79 Å². The number of benzene rings is 2. The van der Waals surface area contributed by atoms with Crippen molar-refractivity contribution >= 4 is 28.5 Å². The highest BCUT2D eigenvalue weighted by molar-refractivity contribution is 8.01. The maximum atomic E-state index is 11.5. The summed E-state index contributed by atoms with van der Waals surface area (Å²) in [6.45, 7) is 0.771. The van der Waals surface area contributed by atoms with E-state index in [0.717, 1.165) is 23.2 Å². The van der Waals surface area contributed by atoms with E-state index in [0.29, 0.717) is 6.42 Å². The maximum absolute atomic E-state index is 11.5. The van der Waals surface area contributed by atoms with Crippen molar-refractivity contribution in [1.29, 1.82) is 0 Å². The summed E-state index contributed by atoms with van der Waals surface area (Å²) in [5, 5.41) is 14.9. The Labute approximate surface area is 116 Å². The number of carboxylic acids is 1. The third kappa shape index (κ3) is 2.33.